The van der Waals surface area contributed by atoms with E-state index in [1.165, 1.54) is 11.8 Å². The van der Waals surface area contributed by atoms with E-state index in [0.29, 0.717) is 5.92 Å². The number of carbonyl (C=O) groups is 1. The van der Waals surface area contributed by atoms with Gasteiger partial charge in [-0.15, -0.1) is 23.4 Å². The number of halogens is 1. The van der Waals surface area contributed by atoms with Crippen LogP contribution in [0.4, 0.5) is 0 Å². The number of nitrogens with one attached hydrogen (secondary N) is 1. The molecule has 0 radical (unpaired) electrons. The molecule has 0 spiro atoms. The van der Waals surface area contributed by atoms with Crippen molar-refractivity contribution in [1.82, 2.24) is 10.2 Å². The third-order valence-electron chi connectivity index (χ3n) is 5.63. The molecule has 4 N–H and O–H groups in total. The molecule has 0 aromatic carbocycles. The van der Waals surface area contributed by atoms with Gasteiger partial charge in [-0.2, -0.15) is 0 Å². The first-order valence-corrected chi connectivity index (χ1v) is 11.3. The smallest absolute Gasteiger partial charge is 0.237 e. The number of likely N-dealkylation sites (N-methyl/N-ethyl adjacent to an activating group) is 1. The molecule has 2 aliphatic heterocycles. The highest BCUT2D eigenvalue weighted by Crippen LogP contribution is 2.31. The summed E-state index contributed by atoms with van der Waals surface area (Å²) in [5.41, 5.74) is -0.702. The van der Waals surface area contributed by atoms with Gasteiger partial charge in [-0.3, -0.25) is 9.69 Å². The first-order valence-electron chi connectivity index (χ1n) is 9.58. The van der Waals surface area contributed by atoms with Crippen LogP contribution in [-0.4, -0.2) is 93.3 Å². The number of amides is 1. The number of likely N-dealkylation sites (tertiary alicyclic amines) is 1. The van der Waals surface area contributed by atoms with Crippen LogP contribution in [0.25, 0.3) is 0 Å². The van der Waals surface area contributed by atoms with Gasteiger partial charge in [0.25, 0.3) is 0 Å². The van der Waals surface area contributed by atoms with E-state index < -0.39 is 41.3 Å². The van der Waals surface area contributed by atoms with Crippen molar-refractivity contribution in [1.29, 1.82) is 0 Å². The molecule has 2 saturated heterocycles. The summed E-state index contributed by atoms with van der Waals surface area (Å²) in [6, 6.07) is -0.934. The lowest BCUT2D eigenvalue weighted by Crippen LogP contribution is -2.65. The van der Waals surface area contributed by atoms with Gasteiger partial charge in [0.05, 0.1) is 17.5 Å². The van der Waals surface area contributed by atoms with Gasteiger partial charge in [0.1, 0.15) is 29.9 Å². The molecule has 9 atom stereocenters. The van der Waals surface area contributed by atoms with Gasteiger partial charge >= 0.3 is 0 Å². The fourth-order valence-corrected chi connectivity index (χ4v) is 5.00. The fourth-order valence-electron chi connectivity index (χ4n) is 4.11. The summed E-state index contributed by atoms with van der Waals surface area (Å²) >= 11 is 7.55. The lowest BCUT2D eigenvalue weighted by atomic mass is 9.92. The second kappa shape index (κ2) is 10.1. The molecular formula is C18H33ClN2O5S. The predicted molar refractivity (Wildman–Crippen MR) is 107 cm³/mol. The number of nitrogens with zero attached hydrogens (tertiary/aromatic N) is 1. The molecule has 9 heteroatoms. The van der Waals surface area contributed by atoms with E-state index in [-0.39, 0.29) is 11.9 Å². The van der Waals surface area contributed by atoms with Crippen molar-refractivity contribution in [3.8, 4) is 0 Å². The summed E-state index contributed by atoms with van der Waals surface area (Å²) in [6.45, 7) is 4.74. The van der Waals surface area contributed by atoms with E-state index in [4.69, 9.17) is 16.3 Å². The summed E-state index contributed by atoms with van der Waals surface area (Å²) < 4.78 is 5.79. The van der Waals surface area contributed by atoms with Gasteiger partial charge in [-0.25, -0.2) is 0 Å². The first-order chi connectivity index (χ1) is 12.7. The number of alkyl halides is 1. The Balaban J connectivity index is 2.09. The monoisotopic (exact) mass is 424 g/mol. The number of hydrogen-bond donors (Lipinski definition) is 4. The number of thioether (sulfide) groups is 1. The molecule has 0 aromatic heterocycles. The fraction of sp³-hybridized carbons (Fsp3) is 0.944. The van der Waals surface area contributed by atoms with Gasteiger partial charge in [0, 0.05) is 6.54 Å². The zero-order chi connectivity index (χ0) is 20.3. The minimum atomic E-state index is -1.36. The zero-order valence-electron chi connectivity index (χ0n) is 16.4. The number of rotatable bonds is 7. The normalized spacial score (nSPS) is 39.9. The van der Waals surface area contributed by atoms with Crippen molar-refractivity contribution in [3.63, 3.8) is 0 Å². The van der Waals surface area contributed by atoms with Crippen molar-refractivity contribution in [3.05, 3.63) is 0 Å². The van der Waals surface area contributed by atoms with Crippen LogP contribution in [0.2, 0.25) is 0 Å². The minimum absolute atomic E-state index is 0.147. The van der Waals surface area contributed by atoms with E-state index >= 15 is 0 Å². The van der Waals surface area contributed by atoms with Gasteiger partial charge in [-0.1, -0.05) is 13.3 Å². The third kappa shape index (κ3) is 5.29. The molecule has 2 heterocycles. The van der Waals surface area contributed by atoms with Crippen LogP contribution in [0, 0.1) is 5.92 Å². The third-order valence-corrected chi connectivity index (χ3v) is 6.76. The first kappa shape index (κ1) is 23.2. The quantitative estimate of drug-likeness (QED) is 0.438. The highest BCUT2D eigenvalue weighted by molar-refractivity contribution is 7.99. The molecule has 0 bridgehead atoms. The molecule has 2 fully saturated rings. The number of aliphatic hydroxyl groups is 3. The van der Waals surface area contributed by atoms with Crippen LogP contribution in [0.15, 0.2) is 0 Å². The summed E-state index contributed by atoms with van der Waals surface area (Å²) in [5.74, 6) is 0.350. The second-order valence-electron chi connectivity index (χ2n) is 7.73. The van der Waals surface area contributed by atoms with E-state index in [1.807, 2.05) is 11.9 Å². The highest BCUT2D eigenvalue weighted by atomic mass is 35.5. The number of ether oxygens (including phenoxy) is 1. The van der Waals surface area contributed by atoms with E-state index in [1.54, 1.807) is 13.2 Å². The molecule has 0 aliphatic carbocycles. The topological polar surface area (TPSA) is 102 Å². The van der Waals surface area contributed by atoms with Gasteiger partial charge in [0.15, 0.2) is 0 Å². The van der Waals surface area contributed by atoms with Crippen LogP contribution >= 0.6 is 23.4 Å². The Morgan fingerprint density at radius 2 is 2.00 bits per heavy atom. The van der Waals surface area contributed by atoms with Crippen molar-refractivity contribution in [2.45, 2.75) is 80.4 Å². The highest BCUT2D eigenvalue weighted by Gasteiger charge is 2.48. The van der Waals surface area contributed by atoms with Crippen molar-refractivity contribution in [2.75, 3.05) is 19.8 Å². The molecule has 0 saturated carbocycles. The van der Waals surface area contributed by atoms with Crippen LogP contribution in [-0.2, 0) is 9.53 Å². The Hall–Kier alpha value is -0.0900. The van der Waals surface area contributed by atoms with Crippen molar-refractivity contribution >= 4 is 29.3 Å². The Morgan fingerprint density at radius 3 is 2.56 bits per heavy atom. The predicted octanol–water partition coefficient (Wildman–Crippen LogP) is 0.390. The molecule has 2 rings (SSSR count). The van der Waals surface area contributed by atoms with Gasteiger partial charge < -0.3 is 25.4 Å². The Labute approximate surface area is 170 Å². The van der Waals surface area contributed by atoms with Crippen LogP contribution in [0.5, 0.6) is 0 Å². The largest absolute Gasteiger partial charge is 0.388 e. The maximum Gasteiger partial charge on any atom is 0.237 e. The maximum absolute atomic E-state index is 12.9. The minimum Gasteiger partial charge on any atom is -0.388 e. The summed E-state index contributed by atoms with van der Waals surface area (Å²) in [6.07, 6.45) is -0.0980. The van der Waals surface area contributed by atoms with Crippen LogP contribution in [0.3, 0.4) is 0 Å². The maximum atomic E-state index is 12.9. The SMILES string of the molecule is CCC[C@@H]1CC(C(=O)N[C@@H](C2OC(SC)C(O)C(O)C2O)[C@H](C)Cl)N(C)C1. The van der Waals surface area contributed by atoms with Crippen LogP contribution < -0.4 is 5.32 Å². The zero-order valence-corrected chi connectivity index (χ0v) is 18.0. The van der Waals surface area contributed by atoms with E-state index in [2.05, 4.69) is 12.2 Å². The molecule has 158 valence electrons. The number of hydrogen-bond acceptors (Lipinski definition) is 7. The average molecular weight is 425 g/mol. The number of carbonyl (C=O) groups excluding carboxylic acids is 1. The number of aliphatic hydroxyl groups excluding tert-OH is 3. The lowest BCUT2D eigenvalue weighted by Gasteiger charge is -2.44. The average Bonchev–Trinajstić information content (AvgIpc) is 2.99. The van der Waals surface area contributed by atoms with E-state index in [0.717, 1.165) is 25.8 Å². The molecule has 7 nitrogen and oxygen atoms in total. The second-order valence-corrected chi connectivity index (χ2v) is 9.36. The van der Waals surface area contributed by atoms with Crippen LogP contribution in [0.1, 0.15) is 33.1 Å². The Bertz CT molecular complexity index is 498. The lowest BCUT2D eigenvalue weighted by molar-refractivity contribution is -0.205. The molecule has 1 amide bonds. The van der Waals surface area contributed by atoms with Crippen molar-refractivity contribution in [2.24, 2.45) is 5.92 Å². The van der Waals surface area contributed by atoms with Crippen molar-refractivity contribution < 1.29 is 24.9 Å². The molecular weight excluding hydrogens is 392 g/mol. The van der Waals surface area contributed by atoms with Gasteiger partial charge in [0.2, 0.25) is 5.91 Å². The molecule has 2 aliphatic rings. The standard InChI is InChI=1S/C18H33ClN2O5S/c1-5-6-10-7-11(21(3)8-10)17(25)20-12(9(2)19)16-14(23)13(22)15(24)18(26-16)27-4/h9-16,18,22-24H,5-8H2,1-4H3,(H,20,25)/t9-,10+,11?,12+,13?,14?,15?,16?,18?/m0/s1. The summed E-state index contributed by atoms with van der Waals surface area (Å²) in [4.78, 5) is 14.9. The summed E-state index contributed by atoms with van der Waals surface area (Å²) in [5, 5.41) is 33.0. The Morgan fingerprint density at radius 1 is 1.33 bits per heavy atom. The molecule has 6 unspecified atom stereocenters. The molecule has 0 aromatic rings. The molecule has 27 heavy (non-hydrogen) atoms. The van der Waals surface area contributed by atoms with E-state index in [9.17, 15) is 20.1 Å². The van der Waals surface area contributed by atoms with Gasteiger partial charge in [-0.05, 0) is 39.0 Å². The Kier molecular flexibility index (Phi) is 8.67. The summed E-state index contributed by atoms with van der Waals surface area (Å²) in [7, 11) is 1.94.